The van der Waals surface area contributed by atoms with Gasteiger partial charge in [-0.2, -0.15) is 9.61 Å². The number of fused-ring (bicyclic) bond motifs is 1. The van der Waals surface area contributed by atoms with Gasteiger partial charge in [-0.25, -0.2) is 0 Å². The molecular weight excluding hydrogens is 250 g/mol. The zero-order valence-corrected chi connectivity index (χ0v) is 10.1. The van der Waals surface area contributed by atoms with Gasteiger partial charge in [-0.15, -0.1) is 10.2 Å². The van der Waals surface area contributed by atoms with Crippen LogP contribution in [0.1, 0.15) is 5.56 Å². The van der Waals surface area contributed by atoms with E-state index in [1.807, 2.05) is 24.3 Å². The van der Waals surface area contributed by atoms with Crippen LogP contribution < -0.4 is 5.73 Å². The summed E-state index contributed by atoms with van der Waals surface area (Å²) < 4.78 is 1.63. The average Bonchev–Trinajstić information content (AvgIpc) is 2.88. The molecule has 0 spiro atoms. The Bertz CT molecular complexity index is 688. The normalized spacial score (nSPS) is 10.9. The molecule has 2 heterocycles. The summed E-state index contributed by atoms with van der Waals surface area (Å²) in [5.41, 5.74) is 7.01. The Morgan fingerprint density at radius 3 is 3.11 bits per heavy atom. The zero-order valence-electron chi connectivity index (χ0n) is 9.28. The maximum atomic E-state index is 10.9. The smallest absolute Gasteiger partial charge is 0.234 e. The van der Waals surface area contributed by atoms with Crippen LogP contribution >= 0.6 is 11.3 Å². The van der Waals surface area contributed by atoms with Gasteiger partial charge in [0.1, 0.15) is 11.3 Å². The summed E-state index contributed by atoms with van der Waals surface area (Å²) in [6, 6.07) is 7.61. The standard InChI is InChI=1S/C11H9N5OS/c12-9(17)5-7-2-1-3-8(4-7)10-15-16-6-13-14-11(16)18-10/h1-4,6H,5H2,(H2,12,17). The molecule has 3 aromatic rings. The van der Waals surface area contributed by atoms with Crippen LogP contribution in [0.15, 0.2) is 30.6 Å². The number of carbonyl (C=O) groups excluding carboxylic acids is 1. The van der Waals surface area contributed by atoms with E-state index < -0.39 is 0 Å². The Kier molecular flexibility index (Phi) is 2.52. The number of primary amides is 1. The lowest BCUT2D eigenvalue weighted by atomic mass is 10.1. The van der Waals surface area contributed by atoms with Crippen LogP contribution in [0.5, 0.6) is 0 Å². The summed E-state index contributed by atoms with van der Waals surface area (Å²) in [7, 11) is 0. The van der Waals surface area contributed by atoms with Crippen LogP contribution in [0.3, 0.4) is 0 Å². The second-order valence-corrected chi connectivity index (χ2v) is 4.76. The fourth-order valence-electron chi connectivity index (χ4n) is 1.69. The third kappa shape index (κ3) is 1.95. The maximum Gasteiger partial charge on any atom is 0.234 e. The van der Waals surface area contributed by atoms with Gasteiger partial charge in [-0.1, -0.05) is 29.5 Å². The lowest BCUT2D eigenvalue weighted by molar-refractivity contribution is -0.117. The molecule has 0 bridgehead atoms. The lowest BCUT2D eigenvalue weighted by Gasteiger charge is -2.00. The van der Waals surface area contributed by atoms with Gasteiger partial charge in [0.2, 0.25) is 10.9 Å². The summed E-state index contributed by atoms with van der Waals surface area (Å²) in [5, 5.41) is 12.9. The molecule has 0 aliphatic carbocycles. The quantitative estimate of drug-likeness (QED) is 0.756. The van der Waals surface area contributed by atoms with Crippen LogP contribution in [0.2, 0.25) is 0 Å². The molecule has 0 aliphatic heterocycles. The Morgan fingerprint density at radius 1 is 1.44 bits per heavy atom. The lowest BCUT2D eigenvalue weighted by Crippen LogP contribution is -2.13. The summed E-state index contributed by atoms with van der Waals surface area (Å²) in [4.78, 5) is 11.6. The van der Waals surface area contributed by atoms with Crippen LogP contribution in [-0.4, -0.2) is 25.7 Å². The fraction of sp³-hybridized carbons (Fsp3) is 0.0909. The molecule has 18 heavy (non-hydrogen) atoms. The van der Waals surface area contributed by atoms with Crippen molar-refractivity contribution in [1.82, 2.24) is 19.8 Å². The first-order chi connectivity index (χ1) is 8.72. The molecule has 2 N–H and O–H groups in total. The first-order valence-electron chi connectivity index (χ1n) is 5.27. The number of nitrogens with zero attached hydrogens (tertiary/aromatic N) is 4. The highest BCUT2D eigenvalue weighted by molar-refractivity contribution is 7.19. The highest BCUT2D eigenvalue weighted by atomic mass is 32.1. The molecular formula is C11H9N5OS. The molecule has 0 fully saturated rings. The molecule has 0 radical (unpaired) electrons. The molecule has 0 unspecified atom stereocenters. The number of hydrogen-bond donors (Lipinski definition) is 1. The topological polar surface area (TPSA) is 86.2 Å². The Balaban J connectivity index is 2.00. The zero-order chi connectivity index (χ0) is 12.5. The van der Waals surface area contributed by atoms with Gasteiger partial charge in [0, 0.05) is 5.56 Å². The van der Waals surface area contributed by atoms with Gasteiger partial charge in [-0.3, -0.25) is 4.79 Å². The van der Waals surface area contributed by atoms with Crippen molar-refractivity contribution < 1.29 is 4.79 Å². The van der Waals surface area contributed by atoms with Crippen molar-refractivity contribution in [1.29, 1.82) is 0 Å². The molecule has 1 amide bonds. The Hall–Kier alpha value is -2.28. The second kappa shape index (κ2) is 4.19. The minimum absolute atomic E-state index is 0.234. The van der Waals surface area contributed by atoms with E-state index in [1.165, 1.54) is 11.3 Å². The van der Waals surface area contributed by atoms with Gasteiger partial charge in [0.25, 0.3) is 0 Å². The number of nitrogens with two attached hydrogens (primary N) is 1. The van der Waals surface area contributed by atoms with E-state index in [0.717, 1.165) is 21.1 Å². The van der Waals surface area contributed by atoms with Crippen molar-refractivity contribution in [2.24, 2.45) is 5.73 Å². The minimum Gasteiger partial charge on any atom is -0.369 e. The van der Waals surface area contributed by atoms with Crippen molar-refractivity contribution in [3.05, 3.63) is 36.2 Å². The highest BCUT2D eigenvalue weighted by Crippen LogP contribution is 2.25. The van der Waals surface area contributed by atoms with Crippen molar-refractivity contribution in [2.75, 3.05) is 0 Å². The van der Waals surface area contributed by atoms with Crippen LogP contribution in [-0.2, 0) is 11.2 Å². The number of benzene rings is 1. The first kappa shape index (κ1) is 10.8. The van der Waals surface area contributed by atoms with E-state index in [-0.39, 0.29) is 12.3 Å². The average molecular weight is 259 g/mol. The van der Waals surface area contributed by atoms with E-state index in [9.17, 15) is 4.79 Å². The highest BCUT2D eigenvalue weighted by Gasteiger charge is 2.08. The van der Waals surface area contributed by atoms with Crippen molar-refractivity contribution in [2.45, 2.75) is 6.42 Å². The van der Waals surface area contributed by atoms with Gasteiger partial charge in [0.05, 0.1) is 6.42 Å². The fourth-order valence-corrected chi connectivity index (χ4v) is 2.51. The van der Waals surface area contributed by atoms with Crippen LogP contribution in [0.4, 0.5) is 0 Å². The molecule has 6 nitrogen and oxygen atoms in total. The van der Waals surface area contributed by atoms with Crippen molar-refractivity contribution >= 4 is 22.2 Å². The van der Waals surface area contributed by atoms with Crippen LogP contribution in [0, 0.1) is 0 Å². The van der Waals surface area contributed by atoms with E-state index >= 15 is 0 Å². The summed E-state index contributed by atoms with van der Waals surface area (Å²) in [6.45, 7) is 0. The first-order valence-corrected chi connectivity index (χ1v) is 6.08. The van der Waals surface area contributed by atoms with Crippen molar-refractivity contribution in [3.63, 3.8) is 0 Å². The maximum absolute atomic E-state index is 10.9. The number of aromatic nitrogens is 4. The van der Waals surface area contributed by atoms with E-state index in [0.29, 0.717) is 0 Å². The molecule has 0 saturated carbocycles. The van der Waals surface area contributed by atoms with Gasteiger partial charge in [-0.05, 0) is 11.6 Å². The summed E-state index contributed by atoms with van der Waals surface area (Å²) in [6.07, 6.45) is 1.79. The third-order valence-electron chi connectivity index (χ3n) is 2.44. The third-order valence-corrected chi connectivity index (χ3v) is 3.40. The minimum atomic E-state index is -0.342. The number of amides is 1. The molecule has 0 atom stereocenters. The molecule has 0 aliphatic rings. The number of carbonyl (C=O) groups is 1. The van der Waals surface area contributed by atoms with E-state index in [4.69, 9.17) is 5.73 Å². The van der Waals surface area contributed by atoms with Crippen molar-refractivity contribution in [3.8, 4) is 10.6 Å². The predicted octanol–water partition coefficient (Wildman–Crippen LogP) is 0.881. The number of hydrogen-bond acceptors (Lipinski definition) is 5. The predicted molar refractivity (Wildman–Crippen MR) is 67.0 cm³/mol. The molecule has 2 aromatic heterocycles. The number of rotatable bonds is 3. The van der Waals surface area contributed by atoms with Crippen LogP contribution in [0.25, 0.3) is 15.5 Å². The monoisotopic (exact) mass is 259 g/mol. The van der Waals surface area contributed by atoms with Gasteiger partial charge in [0.15, 0.2) is 0 Å². The Morgan fingerprint density at radius 2 is 2.33 bits per heavy atom. The SMILES string of the molecule is NC(=O)Cc1cccc(-c2nn3cnnc3s2)c1. The van der Waals surface area contributed by atoms with Gasteiger partial charge >= 0.3 is 0 Å². The molecule has 0 saturated heterocycles. The van der Waals surface area contributed by atoms with E-state index in [2.05, 4.69) is 15.3 Å². The van der Waals surface area contributed by atoms with E-state index in [1.54, 1.807) is 10.8 Å². The Labute approximate surface area is 106 Å². The summed E-state index contributed by atoms with van der Waals surface area (Å²) in [5.74, 6) is -0.342. The molecule has 1 aromatic carbocycles. The largest absolute Gasteiger partial charge is 0.369 e. The second-order valence-electron chi connectivity index (χ2n) is 3.81. The van der Waals surface area contributed by atoms with Gasteiger partial charge < -0.3 is 5.73 Å². The molecule has 7 heteroatoms. The molecule has 3 rings (SSSR count). The molecule has 90 valence electrons. The summed E-state index contributed by atoms with van der Waals surface area (Å²) >= 11 is 1.45.